The quantitative estimate of drug-likeness (QED) is 0.383. The number of hydrogen-bond acceptors (Lipinski definition) is 3. The molecule has 3 aromatic carbocycles. The second kappa shape index (κ2) is 7.06. The predicted molar refractivity (Wildman–Crippen MR) is 116 cm³/mol. The lowest BCUT2D eigenvalue weighted by Crippen LogP contribution is -1.99. The smallest absolute Gasteiger partial charge is 0.231 e. The molecule has 0 N–H and O–H groups in total. The van der Waals surface area contributed by atoms with E-state index in [1.54, 1.807) is 0 Å². The number of oxazole rings is 1. The molecule has 29 heavy (non-hydrogen) atoms. The first-order chi connectivity index (χ1) is 14.2. The number of nitrogens with zero attached hydrogens (tertiary/aromatic N) is 3. The van der Waals surface area contributed by atoms with Crippen LogP contribution in [0, 0.1) is 13.8 Å². The van der Waals surface area contributed by atoms with E-state index in [9.17, 15) is 0 Å². The molecule has 0 atom stereocenters. The van der Waals surface area contributed by atoms with Crippen LogP contribution in [0.1, 0.15) is 16.7 Å². The summed E-state index contributed by atoms with van der Waals surface area (Å²) in [6, 6.07) is 24.8. The zero-order valence-electron chi connectivity index (χ0n) is 16.5. The van der Waals surface area contributed by atoms with Gasteiger partial charge in [0.1, 0.15) is 11.2 Å². The molecule has 5 rings (SSSR count). The lowest BCUT2D eigenvalue weighted by atomic mass is 10.1. The highest BCUT2D eigenvalue weighted by molar-refractivity contribution is 5.82. The Morgan fingerprint density at radius 1 is 0.862 bits per heavy atom. The van der Waals surface area contributed by atoms with Gasteiger partial charge in [0.25, 0.3) is 0 Å². The third kappa shape index (κ3) is 3.45. The van der Waals surface area contributed by atoms with Gasteiger partial charge in [-0.05, 0) is 37.1 Å². The van der Waals surface area contributed by atoms with Crippen LogP contribution in [-0.4, -0.2) is 14.8 Å². The Morgan fingerprint density at radius 2 is 1.62 bits per heavy atom. The molecule has 0 bridgehead atoms. The third-order valence-corrected chi connectivity index (χ3v) is 5.05. The standard InChI is InChI=1S/C25H21N3O/c1-17-8-11-20(12-9-17)24-21(16-28(27-24)15-19-6-4-3-5-7-19)25-26-22-14-18(2)10-13-23(22)29-25/h3-14,16H,15H2,1-2H3. The molecule has 0 saturated carbocycles. The van der Waals surface area contributed by atoms with E-state index < -0.39 is 0 Å². The van der Waals surface area contributed by atoms with Crippen LogP contribution in [0.4, 0.5) is 0 Å². The highest BCUT2D eigenvalue weighted by Gasteiger charge is 2.18. The Morgan fingerprint density at radius 3 is 2.41 bits per heavy atom. The highest BCUT2D eigenvalue weighted by atomic mass is 16.3. The average molecular weight is 379 g/mol. The summed E-state index contributed by atoms with van der Waals surface area (Å²) >= 11 is 0. The minimum atomic E-state index is 0.598. The fraction of sp³-hybridized carbons (Fsp3) is 0.120. The van der Waals surface area contributed by atoms with E-state index in [4.69, 9.17) is 14.5 Å². The summed E-state index contributed by atoms with van der Waals surface area (Å²) in [6.45, 7) is 4.84. The van der Waals surface area contributed by atoms with Crippen molar-refractivity contribution in [3.63, 3.8) is 0 Å². The molecule has 0 unspecified atom stereocenters. The van der Waals surface area contributed by atoms with Crippen LogP contribution < -0.4 is 0 Å². The molecule has 4 nitrogen and oxygen atoms in total. The van der Waals surface area contributed by atoms with Gasteiger partial charge in [0.05, 0.1) is 12.1 Å². The number of fused-ring (bicyclic) bond motifs is 1. The summed E-state index contributed by atoms with van der Waals surface area (Å²) in [5.74, 6) is 0.598. The molecule has 142 valence electrons. The summed E-state index contributed by atoms with van der Waals surface area (Å²) in [4.78, 5) is 4.75. The predicted octanol–water partition coefficient (Wildman–Crippen LogP) is 6.02. The van der Waals surface area contributed by atoms with Crippen LogP contribution in [0.15, 0.2) is 83.4 Å². The largest absolute Gasteiger partial charge is 0.436 e. The maximum atomic E-state index is 6.09. The molecule has 5 aromatic rings. The van der Waals surface area contributed by atoms with E-state index >= 15 is 0 Å². The van der Waals surface area contributed by atoms with Crippen LogP contribution in [0.2, 0.25) is 0 Å². The molecular weight excluding hydrogens is 358 g/mol. The second-order valence-electron chi connectivity index (χ2n) is 7.43. The van der Waals surface area contributed by atoms with Crippen molar-refractivity contribution >= 4 is 11.1 Å². The van der Waals surface area contributed by atoms with Gasteiger partial charge in [0.2, 0.25) is 5.89 Å². The van der Waals surface area contributed by atoms with Crippen LogP contribution in [-0.2, 0) is 6.54 Å². The lowest BCUT2D eigenvalue weighted by Gasteiger charge is -2.02. The molecule has 0 aliphatic heterocycles. The molecule has 0 aliphatic rings. The molecule has 0 radical (unpaired) electrons. The summed E-state index contributed by atoms with van der Waals surface area (Å²) in [6.07, 6.45) is 2.03. The van der Waals surface area contributed by atoms with Crippen molar-refractivity contribution in [2.75, 3.05) is 0 Å². The third-order valence-electron chi connectivity index (χ3n) is 5.05. The van der Waals surface area contributed by atoms with Crippen molar-refractivity contribution < 1.29 is 4.42 Å². The fourth-order valence-electron chi connectivity index (χ4n) is 3.51. The first kappa shape index (κ1) is 17.4. The Kier molecular flexibility index (Phi) is 4.24. The van der Waals surface area contributed by atoms with Gasteiger partial charge in [-0.2, -0.15) is 5.10 Å². The van der Waals surface area contributed by atoms with Crippen molar-refractivity contribution in [2.45, 2.75) is 20.4 Å². The number of rotatable bonds is 4. The summed E-state index contributed by atoms with van der Waals surface area (Å²) in [5, 5.41) is 4.89. The van der Waals surface area contributed by atoms with Gasteiger partial charge in [-0.1, -0.05) is 66.2 Å². The molecule has 0 spiro atoms. The summed E-state index contributed by atoms with van der Waals surface area (Å²) in [5.41, 5.74) is 8.07. The van der Waals surface area contributed by atoms with E-state index in [0.717, 1.165) is 33.5 Å². The van der Waals surface area contributed by atoms with Gasteiger partial charge in [-0.15, -0.1) is 0 Å². The van der Waals surface area contributed by atoms with E-state index in [0.29, 0.717) is 12.4 Å². The van der Waals surface area contributed by atoms with Crippen molar-refractivity contribution in [3.05, 3.63) is 95.7 Å². The average Bonchev–Trinajstić information content (AvgIpc) is 3.33. The van der Waals surface area contributed by atoms with Gasteiger partial charge in [0, 0.05) is 11.8 Å². The first-order valence-corrected chi connectivity index (χ1v) is 9.72. The van der Waals surface area contributed by atoms with E-state index in [2.05, 4.69) is 50.2 Å². The molecule has 0 saturated heterocycles. The molecule has 2 heterocycles. The first-order valence-electron chi connectivity index (χ1n) is 9.72. The minimum absolute atomic E-state index is 0.598. The Hall–Kier alpha value is -3.66. The van der Waals surface area contributed by atoms with Crippen LogP contribution >= 0.6 is 0 Å². The van der Waals surface area contributed by atoms with Crippen LogP contribution in [0.5, 0.6) is 0 Å². The van der Waals surface area contributed by atoms with Crippen molar-refractivity contribution in [3.8, 4) is 22.7 Å². The second-order valence-corrected chi connectivity index (χ2v) is 7.43. The molecular formula is C25H21N3O. The van der Waals surface area contributed by atoms with Gasteiger partial charge in [0.15, 0.2) is 5.58 Å². The van der Waals surface area contributed by atoms with Gasteiger partial charge < -0.3 is 4.42 Å². The minimum Gasteiger partial charge on any atom is -0.436 e. The van der Waals surface area contributed by atoms with E-state index in [1.807, 2.05) is 47.3 Å². The topological polar surface area (TPSA) is 43.9 Å². The Labute approximate surface area is 169 Å². The van der Waals surface area contributed by atoms with Crippen molar-refractivity contribution in [1.29, 1.82) is 0 Å². The number of hydrogen-bond donors (Lipinski definition) is 0. The molecule has 4 heteroatoms. The Bertz CT molecular complexity index is 1280. The normalized spacial score (nSPS) is 11.2. The van der Waals surface area contributed by atoms with E-state index in [-0.39, 0.29) is 0 Å². The lowest BCUT2D eigenvalue weighted by molar-refractivity contribution is 0.619. The monoisotopic (exact) mass is 379 g/mol. The zero-order chi connectivity index (χ0) is 19.8. The van der Waals surface area contributed by atoms with Gasteiger partial charge in [-0.25, -0.2) is 4.98 Å². The van der Waals surface area contributed by atoms with E-state index in [1.165, 1.54) is 11.1 Å². The molecule has 0 fully saturated rings. The van der Waals surface area contributed by atoms with Crippen LogP contribution in [0.25, 0.3) is 33.8 Å². The SMILES string of the molecule is Cc1ccc(-c2nn(Cc3ccccc3)cc2-c2nc3cc(C)ccc3o2)cc1. The van der Waals surface area contributed by atoms with Crippen molar-refractivity contribution in [1.82, 2.24) is 14.8 Å². The highest BCUT2D eigenvalue weighted by Crippen LogP contribution is 2.33. The van der Waals surface area contributed by atoms with Gasteiger partial charge >= 0.3 is 0 Å². The molecule has 2 aromatic heterocycles. The maximum absolute atomic E-state index is 6.09. The molecule has 0 amide bonds. The number of aryl methyl sites for hydroxylation is 2. The maximum Gasteiger partial charge on any atom is 0.231 e. The summed E-state index contributed by atoms with van der Waals surface area (Å²) < 4.78 is 8.05. The zero-order valence-corrected chi connectivity index (χ0v) is 16.5. The molecule has 0 aliphatic carbocycles. The fourth-order valence-corrected chi connectivity index (χ4v) is 3.51. The number of benzene rings is 3. The van der Waals surface area contributed by atoms with Crippen LogP contribution in [0.3, 0.4) is 0 Å². The number of aromatic nitrogens is 3. The summed E-state index contributed by atoms with van der Waals surface area (Å²) in [7, 11) is 0. The van der Waals surface area contributed by atoms with Crippen molar-refractivity contribution in [2.24, 2.45) is 0 Å². The Balaban J connectivity index is 1.64. The van der Waals surface area contributed by atoms with Gasteiger partial charge in [-0.3, -0.25) is 4.68 Å².